The number of carboxylic acid groups (broad SMARTS) is 1. The summed E-state index contributed by atoms with van der Waals surface area (Å²) in [7, 11) is 0. The normalized spacial score (nSPS) is 14.9. The molecule has 7 heteroatoms. The minimum atomic E-state index is -1.02. The fourth-order valence-electron chi connectivity index (χ4n) is 2.31. The number of carboxylic acids is 1. The molecule has 0 saturated carbocycles. The Balaban J connectivity index is 1.75. The molecule has 1 aliphatic rings. The summed E-state index contributed by atoms with van der Waals surface area (Å²) in [6, 6.07) is 9.52. The second-order valence-corrected chi connectivity index (χ2v) is 6.05. The number of nitrogens with zero attached hydrogens (tertiary/aromatic N) is 3. The van der Waals surface area contributed by atoms with Crippen molar-refractivity contribution in [1.82, 2.24) is 9.88 Å². The van der Waals surface area contributed by atoms with E-state index in [1.807, 2.05) is 36.4 Å². The lowest BCUT2D eigenvalue weighted by Crippen LogP contribution is -2.28. The van der Waals surface area contributed by atoms with E-state index in [1.54, 1.807) is 18.0 Å². The molecule has 2 amide bonds. The Morgan fingerprint density at radius 1 is 1.30 bits per heavy atom. The zero-order chi connectivity index (χ0) is 16.4. The molecule has 3 rings (SSSR count). The Labute approximate surface area is 137 Å². The van der Waals surface area contributed by atoms with Gasteiger partial charge >= 0.3 is 12.0 Å². The van der Waals surface area contributed by atoms with Crippen molar-refractivity contribution in [2.75, 3.05) is 18.0 Å². The third-order valence-electron chi connectivity index (χ3n) is 3.50. The number of anilines is 1. The first kappa shape index (κ1) is 15.2. The van der Waals surface area contributed by atoms with Crippen molar-refractivity contribution >= 4 is 34.5 Å². The molecular weight excluding hydrogens is 314 g/mol. The minimum absolute atomic E-state index is 0.172. The Morgan fingerprint density at radius 3 is 2.70 bits per heavy atom. The van der Waals surface area contributed by atoms with E-state index in [2.05, 4.69) is 4.98 Å². The van der Waals surface area contributed by atoms with Crippen LogP contribution in [-0.4, -0.2) is 40.1 Å². The molecule has 6 nitrogen and oxygen atoms in total. The highest BCUT2D eigenvalue weighted by Gasteiger charge is 2.31. The van der Waals surface area contributed by atoms with Crippen LogP contribution in [0.2, 0.25) is 0 Å². The van der Waals surface area contributed by atoms with E-state index in [-0.39, 0.29) is 10.9 Å². The monoisotopic (exact) mass is 329 g/mol. The average Bonchev–Trinajstić information content (AvgIpc) is 3.09. The van der Waals surface area contributed by atoms with Gasteiger partial charge in [-0.15, -0.1) is 0 Å². The van der Waals surface area contributed by atoms with E-state index in [0.717, 1.165) is 16.9 Å². The van der Waals surface area contributed by atoms with Crippen LogP contribution in [0.3, 0.4) is 0 Å². The zero-order valence-electron chi connectivity index (χ0n) is 12.5. The second kappa shape index (κ2) is 6.21. The Hall–Kier alpha value is -2.67. The number of urea groups is 1. The number of aromatic carboxylic acids is 1. The van der Waals surface area contributed by atoms with Crippen LogP contribution in [0.1, 0.15) is 20.9 Å². The molecule has 1 saturated heterocycles. The molecule has 23 heavy (non-hydrogen) atoms. The van der Waals surface area contributed by atoms with E-state index >= 15 is 0 Å². The third kappa shape index (κ3) is 3.09. The van der Waals surface area contributed by atoms with Crippen LogP contribution in [0.15, 0.2) is 36.5 Å². The molecule has 0 bridgehead atoms. The van der Waals surface area contributed by atoms with E-state index in [1.165, 1.54) is 4.90 Å². The van der Waals surface area contributed by atoms with Crippen molar-refractivity contribution in [3.05, 3.63) is 52.7 Å². The average molecular weight is 329 g/mol. The summed E-state index contributed by atoms with van der Waals surface area (Å²) in [5.41, 5.74) is 1.44. The third-order valence-corrected chi connectivity index (χ3v) is 4.67. The fraction of sp³-hybridized carbons (Fsp3) is 0.188. The standard InChI is InChI=1S/C16H15N3O3S/c1-11-13(14(20)21)23-15(17-11)19-10-9-18(16(19)22)8-7-12-5-3-2-4-6-12/h2-8H,9-10H2,1H3,(H,20,21). The number of thiazole rings is 1. The number of rotatable bonds is 4. The highest BCUT2D eigenvalue weighted by atomic mass is 32.1. The molecule has 0 atom stereocenters. The predicted molar refractivity (Wildman–Crippen MR) is 88.7 cm³/mol. The first-order valence-corrected chi connectivity index (χ1v) is 7.90. The quantitative estimate of drug-likeness (QED) is 0.935. The van der Waals surface area contributed by atoms with Gasteiger partial charge in [0.25, 0.3) is 0 Å². The summed E-state index contributed by atoms with van der Waals surface area (Å²) in [4.78, 5) is 31.0. The second-order valence-electron chi connectivity index (χ2n) is 5.07. The van der Waals surface area contributed by atoms with Crippen LogP contribution < -0.4 is 4.90 Å². The summed E-state index contributed by atoms with van der Waals surface area (Å²) in [6.07, 6.45) is 3.62. The van der Waals surface area contributed by atoms with Gasteiger partial charge in [0, 0.05) is 19.3 Å². The van der Waals surface area contributed by atoms with Crippen LogP contribution >= 0.6 is 11.3 Å². The molecule has 0 aliphatic carbocycles. The van der Waals surface area contributed by atoms with Gasteiger partial charge in [-0.1, -0.05) is 41.7 Å². The molecule has 1 fully saturated rings. The smallest absolute Gasteiger partial charge is 0.347 e. The SMILES string of the molecule is Cc1nc(N2CCN(C=Cc3ccccc3)C2=O)sc1C(=O)O. The van der Waals surface area contributed by atoms with Gasteiger partial charge in [0.05, 0.1) is 5.69 Å². The van der Waals surface area contributed by atoms with E-state index in [9.17, 15) is 9.59 Å². The molecule has 118 valence electrons. The largest absolute Gasteiger partial charge is 0.477 e. The fourth-order valence-corrected chi connectivity index (χ4v) is 3.23. The van der Waals surface area contributed by atoms with Gasteiger partial charge in [-0.25, -0.2) is 14.6 Å². The number of carbonyl (C=O) groups is 2. The molecule has 2 aromatic rings. The van der Waals surface area contributed by atoms with Crippen molar-refractivity contribution < 1.29 is 14.7 Å². The summed E-state index contributed by atoms with van der Waals surface area (Å²) >= 11 is 1.03. The number of benzene rings is 1. The molecule has 0 radical (unpaired) electrons. The van der Waals surface area contributed by atoms with Crippen molar-refractivity contribution in [2.24, 2.45) is 0 Å². The Morgan fingerprint density at radius 2 is 2.04 bits per heavy atom. The first-order valence-electron chi connectivity index (χ1n) is 7.08. The number of aromatic nitrogens is 1. The van der Waals surface area contributed by atoms with Crippen molar-refractivity contribution in [3.8, 4) is 0 Å². The van der Waals surface area contributed by atoms with E-state index < -0.39 is 5.97 Å². The lowest BCUT2D eigenvalue weighted by Gasteiger charge is -2.12. The van der Waals surface area contributed by atoms with Crippen molar-refractivity contribution in [3.63, 3.8) is 0 Å². The van der Waals surface area contributed by atoms with Gasteiger partial charge in [-0.2, -0.15) is 0 Å². The maximum Gasteiger partial charge on any atom is 0.347 e. The first-order chi connectivity index (χ1) is 11.1. The van der Waals surface area contributed by atoms with Crippen LogP contribution in [-0.2, 0) is 0 Å². The van der Waals surface area contributed by atoms with Crippen molar-refractivity contribution in [1.29, 1.82) is 0 Å². The minimum Gasteiger partial charge on any atom is -0.477 e. The van der Waals surface area contributed by atoms with Gasteiger partial charge in [-0.05, 0) is 18.6 Å². The highest BCUT2D eigenvalue weighted by Crippen LogP contribution is 2.28. The highest BCUT2D eigenvalue weighted by molar-refractivity contribution is 7.17. The van der Waals surface area contributed by atoms with Gasteiger partial charge in [0.15, 0.2) is 5.13 Å². The molecule has 1 N–H and O–H groups in total. The lowest BCUT2D eigenvalue weighted by molar-refractivity contribution is 0.0701. The number of amides is 2. The summed E-state index contributed by atoms with van der Waals surface area (Å²) in [5, 5.41) is 9.53. The maximum absolute atomic E-state index is 12.4. The number of aryl methyl sites for hydroxylation is 1. The molecule has 1 aromatic carbocycles. The molecular formula is C16H15N3O3S. The van der Waals surface area contributed by atoms with Gasteiger partial charge in [-0.3, -0.25) is 9.80 Å². The predicted octanol–water partition coefficient (Wildman–Crippen LogP) is 3.06. The number of carbonyl (C=O) groups excluding carboxylic acids is 1. The summed E-state index contributed by atoms with van der Waals surface area (Å²) in [5.74, 6) is -1.02. The van der Waals surface area contributed by atoms with Crippen LogP contribution in [0.4, 0.5) is 9.93 Å². The number of hydrogen-bond acceptors (Lipinski definition) is 4. The van der Waals surface area contributed by atoms with Crippen LogP contribution in [0.25, 0.3) is 6.08 Å². The van der Waals surface area contributed by atoms with Crippen LogP contribution in [0.5, 0.6) is 0 Å². The summed E-state index contributed by atoms with van der Waals surface area (Å²) < 4.78 is 0. The number of hydrogen-bond donors (Lipinski definition) is 1. The molecule has 1 aliphatic heterocycles. The summed E-state index contributed by atoms with van der Waals surface area (Å²) in [6.45, 7) is 2.67. The Kier molecular flexibility index (Phi) is 4.12. The lowest BCUT2D eigenvalue weighted by atomic mass is 10.2. The van der Waals surface area contributed by atoms with E-state index in [0.29, 0.717) is 23.9 Å². The van der Waals surface area contributed by atoms with Gasteiger partial charge < -0.3 is 5.11 Å². The van der Waals surface area contributed by atoms with Gasteiger partial charge in [0.1, 0.15) is 4.88 Å². The van der Waals surface area contributed by atoms with E-state index in [4.69, 9.17) is 5.11 Å². The van der Waals surface area contributed by atoms with Crippen molar-refractivity contribution in [2.45, 2.75) is 6.92 Å². The Bertz CT molecular complexity index is 770. The molecule has 2 heterocycles. The van der Waals surface area contributed by atoms with Crippen LogP contribution in [0, 0.1) is 6.92 Å². The molecule has 0 unspecified atom stereocenters. The maximum atomic E-state index is 12.4. The molecule has 0 spiro atoms. The zero-order valence-corrected chi connectivity index (χ0v) is 13.3. The topological polar surface area (TPSA) is 73.7 Å². The molecule has 1 aromatic heterocycles. The van der Waals surface area contributed by atoms with Gasteiger partial charge in [0.2, 0.25) is 0 Å².